The molecule has 15 heavy (non-hydrogen) atoms. The van der Waals surface area contributed by atoms with E-state index < -0.39 is 0 Å². The molecule has 0 unspecified atom stereocenters. The molecule has 0 spiro atoms. The van der Waals surface area contributed by atoms with Gasteiger partial charge in [-0.2, -0.15) is 0 Å². The lowest BCUT2D eigenvalue weighted by Gasteiger charge is -2.31. The molecule has 0 atom stereocenters. The van der Waals surface area contributed by atoms with Crippen LogP contribution < -0.4 is 5.73 Å². The Bertz CT molecular complexity index is 268. The number of hydrogen-bond donors (Lipinski definition) is 1. The van der Waals surface area contributed by atoms with Gasteiger partial charge in [-0.3, -0.25) is 4.79 Å². The quantitative estimate of drug-likeness (QED) is 0.401. The van der Waals surface area contributed by atoms with Crippen molar-refractivity contribution in [3.05, 3.63) is 12.7 Å². The summed E-state index contributed by atoms with van der Waals surface area (Å²) in [5, 5.41) is 0. The third-order valence-corrected chi connectivity index (χ3v) is 2.44. The van der Waals surface area contributed by atoms with Gasteiger partial charge in [-0.05, 0) is 6.08 Å². The Morgan fingerprint density at radius 1 is 1.60 bits per heavy atom. The molecular formula is C10H17N3O2. The average molecular weight is 211 g/mol. The molecule has 0 saturated carbocycles. The summed E-state index contributed by atoms with van der Waals surface area (Å²) in [5.41, 5.74) is 5.46. The fourth-order valence-electron chi connectivity index (χ4n) is 1.55. The molecular weight excluding hydrogens is 194 g/mol. The number of amides is 1. The maximum Gasteiger partial charge on any atom is 0.281 e. The van der Waals surface area contributed by atoms with Crippen molar-refractivity contribution in [2.75, 3.05) is 20.1 Å². The minimum Gasteiger partial charge on any atom is -0.462 e. The molecule has 1 rings (SSSR count). The lowest BCUT2D eigenvalue weighted by Crippen LogP contribution is -2.41. The highest BCUT2D eigenvalue weighted by atomic mass is 16.5. The van der Waals surface area contributed by atoms with Crippen LogP contribution in [0.15, 0.2) is 17.6 Å². The van der Waals surface area contributed by atoms with Crippen molar-refractivity contribution >= 4 is 11.9 Å². The molecule has 2 N–H and O–H groups in total. The van der Waals surface area contributed by atoms with E-state index >= 15 is 0 Å². The third-order valence-electron chi connectivity index (χ3n) is 2.44. The first-order valence-corrected chi connectivity index (χ1v) is 4.97. The van der Waals surface area contributed by atoms with E-state index in [2.05, 4.69) is 11.6 Å². The first-order valence-electron chi connectivity index (χ1n) is 4.97. The smallest absolute Gasteiger partial charge is 0.281 e. The highest BCUT2D eigenvalue weighted by molar-refractivity contribution is 5.87. The van der Waals surface area contributed by atoms with Crippen LogP contribution in [0.4, 0.5) is 0 Å². The number of carbonyl (C=O) groups excluding carboxylic acids is 1. The maximum atomic E-state index is 11.3. The van der Waals surface area contributed by atoms with Gasteiger partial charge in [-0.15, -0.1) is 0 Å². The summed E-state index contributed by atoms with van der Waals surface area (Å²) in [4.78, 5) is 16.8. The zero-order valence-electron chi connectivity index (χ0n) is 8.98. The van der Waals surface area contributed by atoms with Gasteiger partial charge in [0.25, 0.3) is 6.02 Å². The molecule has 1 saturated heterocycles. The number of likely N-dealkylation sites (tertiary alicyclic amines) is 1. The number of carbonyl (C=O) groups is 1. The van der Waals surface area contributed by atoms with E-state index in [1.54, 1.807) is 11.9 Å². The molecule has 0 radical (unpaired) electrons. The highest BCUT2D eigenvalue weighted by Crippen LogP contribution is 2.13. The molecule has 5 heteroatoms. The van der Waals surface area contributed by atoms with Gasteiger partial charge in [0.2, 0.25) is 5.91 Å². The lowest BCUT2D eigenvalue weighted by molar-refractivity contribution is -0.127. The SMILES string of the molecule is C=CC(=O)N1CCC(OC(N)=NC)CC1. The van der Waals surface area contributed by atoms with Crippen molar-refractivity contribution < 1.29 is 9.53 Å². The Kier molecular flexibility index (Phi) is 4.15. The van der Waals surface area contributed by atoms with Crippen LogP contribution in [0.1, 0.15) is 12.8 Å². The van der Waals surface area contributed by atoms with Crippen molar-refractivity contribution in [1.82, 2.24) is 4.90 Å². The zero-order chi connectivity index (χ0) is 11.3. The average Bonchev–Trinajstić information content (AvgIpc) is 2.29. The van der Waals surface area contributed by atoms with Gasteiger partial charge in [-0.1, -0.05) is 6.58 Å². The summed E-state index contributed by atoms with van der Waals surface area (Å²) < 4.78 is 5.37. The summed E-state index contributed by atoms with van der Waals surface area (Å²) in [6.45, 7) is 4.83. The van der Waals surface area contributed by atoms with Crippen LogP contribution in [0.25, 0.3) is 0 Å². The normalized spacial score (nSPS) is 18.7. The molecule has 1 aliphatic heterocycles. The topological polar surface area (TPSA) is 67.9 Å². The molecule has 0 aromatic rings. The van der Waals surface area contributed by atoms with E-state index in [-0.39, 0.29) is 18.0 Å². The Hall–Kier alpha value is -1.52. The Morgan fingerprint density at radius 3 is 2.67 bits per heavy atom. The number of aliphatic imine (C=N–C) groups is 1. The second kappa shape index (κ2) is 5.38. The number of nitrogens with two attached hydrogens (primary N) is 1. The van der Waals surface area contributed by atoms with Crippen molar-refractivity contribution in [1.29, 1.82) is 0 Å². The van der Waals surface area contributed by atoms with Gasteiger partial charge < -0.3 is 15.4 Å². The molecule has 0 bridgehead atoms. The number of piperidine rings is 1. The predicted molar refractivity (Wildman–Crippen MR) is 58.4 cm³/mol. The fraction of sp³-hybridized carbons (Fsp3) is 0.600. The van der Waals surface area contributed by atoms with Gasteiger partial charge in [0.15, 0.2) is 0 Å². The van der Waals surface area contributed by atoms with Crippen LogP contribution in [0.5, 0.6) is 0 Å². The summed E-state index contributed by atoms with van der Waals surface area (Å²) in [6, 6.07) is 0.212. The van der Waals surface area contributed by atoms with E-state index in [0.29, 0.717) is 13.1 Å². The summed E-state index contributed by atoms with van der Waals surface area (Å²) in [5.74, 6) is -0.0226. The number of nitrogens with zero attached hydrogens (tertiary/aromatic N) is 2. The van der Waals surface area contributed by atoms with Gasteiger partial charge in [-0.25, -0.2) is 4.99 Å². The van der Waals surface area contributed by atoms with Crippen molar-refractivity contribution in [3.8, 4) is 0 Å². The summed E-state index contributed by atoms with van der Waals surface area (Å²) in [7, 11) is 1.59. The minimum absolute atomic E-state index is 0.0226. The first-order chi connectivity index (χ1) is 7.17. The zero-order valence-corrected chi connectivity index (χ0v) is 8.98. The van der Waals surface area contributed by atoms with Gasteiger partial charge in [0, 0.05) is 33.0 Å². The molecule has 1 amide bonds. The Balaban J connectivity index is 2.36. The molecule has 1 fully saturated rings. The van der Waals surface area contributed by atoms with Crippen LogP contribution in [0, 0.1) is 0 Å². The second-order valence-electron chi connectivity index (χ2n) is 3.41. The fourth-order valence-corrected chi connectivity index (χ4v) is 1.55. The van der Waals surface area contributed by atoms with E-state index in [0.717, 1.165) is 12.8 Å². The summed E-state index contributed by atoms with van der Waals surface area (Å²) in [6.07, 6.45) is 2.98. The Labute approximate surface area is 89.6 Å². The van der Waals surface area contributed by atoms with Crippen LogP contribution in [0.2, 0.25) is 0 Å². The Morgan fingerprint density at radius 2 is 2.20 bits per heavy atom. The number of rotatable bonds is 2. The standard InChI is InChI=1S/C10H17N3O2/c1-3-9(14)13-6-4-8(5-7-13)15-10(11)12-2/h3,8H,1,4-7H2,2H3,(H2,11,12). The molecule has 0 aliphatic carbocycles. The monoisotopic (exact) mass is 211 g/mol. The van der Waals surface area contributed by atoms with E-state index in [1.807, 2.05) is 0 Å². The predicted octanol–water partition coefficient (Wildman–Crippen LogP) is 0.124. The largest absolute Gasteiger partial charge is 0.462 e. The number of amidine groups is 1. The van der Waals surface area contributed by atoms with E-state index in [4.69, 9.17) is 10.5 Å². The van der Waals surface area contributed by atoms with Gasteiger partial charge >= 0.3 is 0 Å². The second-order valence-corrected chi connectivity index (χ2v) is 3.41. The lowest BCUT2D eigenvalue weighted by atomic mass is 10.1. The number of ether oxygens (including phenoxy) is 1. The maximum absolute atomic E-state index is 11.3. The van der Waals surface area contributed by atoms with Crippen molar-refractivity contribution in [2.45, 2.75) is 18.9 Å². The highest BCUT2D eigenvalue weighted by Gasteiger charge is 2.22. The van der Waals surface area contributed by atoms with Crippen LogP contribution >= 0.6 is 0 Å². The van der Waals surface area contributed by atoms with E-state index in [1.165, 1.54) is 6.08 Å². The molecule has 84 valence electrons. The first kappa shape index (κ1) is 11.6. The minimum atomic E-state index is -0.0226. The molecule has 0 aromatic carbocycles. The van der Waals surface area contributed by atoms with Crippen LogP contribution in [-0.2, 0) is 9.53 Å². The molecule has 5 nitrogen and oxygen atoms in total. The van der Waals surface area contributed by atoms with Crippen LogP contribution in [-0.4, -0.2) is 43.1 Å². The molecule has 0 aromatic heterocycles. The molecule has 1 aliphatic rings. The van der Waals surface area contributed by atoms with Gasteiger partial charge in [0.1, 0.15) is 6.10 Å². The van der Waals surface area contributed by atoms with Crippen molar-refractivity contribution in [3.63, 3.8) is 0 Å². The van der Waals surface area contributed by atoms with Gasteiger partial charge in [0.05, 0.1) is 0 Å². The number of hydrogen-bond acceptors (Lipinski definition) is 3. The summed E-state index contributed by atoms with van der Waals surface area (Å²) >= 11 is 0. The van der Waals surface area contributed by atoms with E-state index in [9.17, 15) is 4.79 Å². The third kappa shape index (κ3) is 3.27. The molecule has 1 heterocycles. The van der Waals surface area contributed by atoms with Crippen LogP contribution in [0.3, 0.4) is 0 Å². The van der Waals surface area contributed by atoms with Crippen molar-refractivity contribution in [2.24, 2.45) is 10.7 Å².